The smallest absolute Gasteiger partial charge is 0.134 e. The average Bonchev–Trinajstić information content (AvgIpc) is 2.28. The van der Waals surface area contributed by atoms with Gasteiger partial charge in [0, 0.05) is 10.9 Å². The van der Waals surface area contributed by atoms with Gasteiger partial charge in [-0.15, -0.1) is 0 Å². The van der Waals surface area contributed by atoms with Crippen molar-refractivity contribution in [1.29, 1.82) is 5.26 Å². The van der Waals surface area contributed by atoms with E-state index in [0.29, 0.717) is 5.15 Å². The average molecular weight is 231 g/mol. The van der Waals surface area contributed by atoms with Crippen molar-refractivity contribution in [1.82, 2.24) is 4.98 Å². The van der Waals surface area contributed by atoms with Crippen LogP contribution in [-0.2, 0) is 5.41 Å². The number of nitrogens with zero attached hydrogens (tertiary/aromatic N) is 2. The minimum atomic E-state index is -0.617. The Hall–Kier alpha value is -1.59. The summed E-state index contributed by atoms with van der Waals surface area (Å²) in [6.45, 7) is 3.68. The van der Waals surface area contributed by atoms with E-state index in [9.17, 15) is 0 Å². The quantitative estimate of drug-likeness (QED) is 0.701. The maximum Gasteiger partial charge on any atom is 0.134 e. The maximum atomic E-state index is 9.11. The van der Waals surface area contributed by atoms with Crippen LogP contribution >= 0.6 is 11.6 Å². The van der Waals surface area contributed by atoms with E-state index < -0.39 is 5.41 Å². The van der Waals surface area contributed by atoms with Crippen LogP contribution in [0.15, 0.2) is 30.3 Å². The molecule has 0 amide bonds. The van der Waals surface area contributed by atoms with Crippen molar-refractivity contribution in [2.75, 3.05) is 0 Å². The fourth-order valence-corrected chi connectivity index (χ4v) is 1.97. The van der Waals surface area contributed by atoms with Crippen LogP contribution in [-0.4, -0.2) is 4.98 Å². The van der Waals surface area contributed by atoms with Gasteiger partial charge in [-0.3, -0.25) is 0 Å². The number of hydrogen-bond acceptors (Lipinski definition) is 2. The summed E-state index contributed by atoms with van der Waals surface area (Å²) in [5, 5.41) is 10.5. The van der Waals surface area contributed by atoms with Crippen LogP contribution in [0.25, 0.3) is 10.9 Å². The predicted octanol–water partition coefficient (Wildman–Crippen LogP) is 3.69. The Morgan fingerprint density at radius 2 is 2.00 bits per heavy atom. The minimum absolute atomic E-state index is 0.408. The van der Waals surface area contributed by atoms with Gasteiger partial charge in [0.2, 0.25) is 0 Å². The second-order valence-corrected chi connectivity index (χ2v) is 4.61. The lowest BCUT2D eigenvalue weighted by molar-refractivity contribution is 0.685. The molecule has 0 atom stereocenters. The van der Waals surface area contributed by atoms with Crippen molar-refractivity contribution in [3.05, 3.63) is 41.0 Å². The molecule has 0 saturated carbocycles. The van der Waals surface area contributed by atoms with Gasteiger partial charge >= 0.3 is 0 Å². The standard InChI is InChI=1S/C13H11ClN2/c1-13(2,8-15)10-7-9-5-3-4-6-11(9)16-12(10)14/h3-7H,1-2H3. The highest BCUT2D eigenvalue weighted by Gasteiger charge is 2.23. The van der Waals surface area contributed by atoms with Gasteiger partial charge in [0.1, 0.15) is 5.15 Å². The predicted molar refractivity (Wildman–Crippen MR) is 65.4 cm³/mol. The molecule has 0 saturated heterocycles. The third kappa shape index (κ3) is 1.75. The lowest BCUT2D eigenvalue weighted by Gasteiger charge is -2.17. The molecule has 0 N–H and O–H groups in total. The monoisotopic (exact) mass is 230 g/mol. The summed E-state index contributed by atoms with van der Waals surface area (Å²) >= 11 is 6.10. The van der Waals surface area contributed by atoms with Gasteiger partial charge in [0.25, 0.3) is 0 Å². The number of fused-ring (bicyclic) bond motifs is 1. The molecule has 1 aromatic carbocycles. The highest BCUT2D eigenvalue weighted by Crippen LogP contribution is 2.30. The summed E-state index contributed by atoms with van der Waals surface area (Å²) in [5.74, 6) is 0. The Morgan fingerprint density at radius 1 is 1.31 bits per heavy atom. The Kier molecular flexibility index (Phi) is 2.57. The zero-order valence-corrected chi connectivity index (χ0v) is 9.92. The van der Waals surface area contributed by atoms with Crippen LogP contribution in [0, 0.1) is 11.3 Å². The molecule has 1 heterocycles. The summed E-state index contributed by atoms with van der Waals surface area (Å²) in [6, 6.07) is 11.9. The van der Waals surface area contributed by atoms with E-state index in [-0.39, 0.29) is 0 Å². The molecule has 1 aromatic heterocycles. The number of para-hydroxylation sites is 1. The van der Waals surface area contributed by atoms with Crippen LogP contribution in [0.1, 0.15) is 19.4 Å². The first-order valence-electron chi connectivity index (χ1n) is 5.01. The first-order valence-corrected chi connectivity index (χ1v) is 5.39. The molecule has 0 bridgehead atoms. The van der Waals surface area contributed by atoms with Crippen molar-refractivity contribution in [3.63, 3.8) is 0 Å². The third-order valence-electron chi connectivity index (χ3n) is 2.63. The van der Waals surface area contributed by atoms with Crippen LogP contribution < -0.4 is 0 Å². The number of rotatable bonds is 1. The van der Waals surface area contributed by atoms with Crippen LogP contribution in [0.2, 0.25) is 5.15 Å². The molecule has 2 aromatic rings. The van der Waals surface area contributed by atoms with E-state index >= 15 is 0 Å². The highest BCUT2D eigenvalue weighted by atomic mass is 35.5. The molecule has 0 aliphatic rings. The first-order chi connectivity index (χ1) is 7.54. The molecule has 16 heavy (non-hydrogen) atoms. The number of benzene rings is 1. The van der Waals surface area contributed by atoms with Crippen molar-refractivity contribution in [2.45, 2.75) is 19.3 Å². The fourth-order valence-electron chi connectivity index (χ4n) is 1.59. The summed E-state index contributed by atoms with van der Waals surface area (Å²) in [6.07, 6.45) is 0. The zero-order chi connectivity index (χ0) is 11.8. The maximum absolute atomic E-state index is 9.11. The summed E-state index contributed by atoms with van der Waals surface area (Å²) in [7, 11) is 0. The van der Waals surface area contributed by atoms with Crippen molar-refractivity contribution >= 4 is 22.5 Å². The second-order valence-electron chi connectivity index (χ2n) is 4.26. The zero-order valence-electron chi connectivity index (χ0n) is 9.16. The van der Waals surface area contributed by atoms with Crippen molar-refractivity contribution in [2.24, 2.45) is 0 Å². The Balaban J connectivity index is 2.73. The first kappa shape index (κ1) is 10.9. The second kappa shape index (κ2) is 3.77. The van der Waals surface area contributed by atoms with Crippen LogP contribution in [0.4, 0.5) is 0 Å². The molecule has 2 nitrogen and oxygen atoms in total. The summed E-state index contributed by atoms with van der Waals surface area (Å²) < 4.78 is 0. The molecular formula is C13H11ClN2. The number of aromatic nitrogens is 1. The lowest BCUT2D eigenvalue weighted by Crippen LogP contribution is -2.15. The number of pyridine rings is 1. The Bertz CT molecular complexity index is 582. The topological polar surface area (TPSA) is 36.7 Å². The van der Waals surface area contributed by atoms with Gasteiger partial charge in [-0.25, -0.2) is 4.98 Å². The highest BCUT2D eigenvalue weighted by molar-refractivity contribution is 6.30. The Labute approximate surface area is 99.5 Å². The van der Waals surface area contributed by atoms with Crippen LogP contribution in [0.3, 0.4) is 0 Å². The van der Waals surface area contributed by atoms with E-state index in [0.717, 1.165) is 16.5 Å². The largest absolute Gasteiger partial charge is 0.236 e. The molecule has 0 aliphatic heterocycles. The van der Waals surface area contributed by atoms with E-state index in [1.807, 2.05) is 44.2 Å². The van der Waals surface area contributed by atoms with Gasteiger partial charge in [-0.05, 0) is 26.0 Å². The van der Waals surface area contributed by atoms with Gasteiger partial charge in [0.15, 0.2) is 0 Å². The molecule has 0 aliphatic carbocycles. The number of halogens is 1. The summed E-state index contributed by atoms with van der Waals surface area (Å²) in [5.41, 5.74) is 1.01. The fraction of sp³-hybridized carbons (Fsp3) is 0.231. The van der Waals surface area contributed by atoms with Gasteiger partial charge < -0.3 is 0 Å². The van der Waals surface area contributed by atoms with Gasteiger partial charge in [0.05, 0.1) is 17.0 Å². The minimum Gasteiger partial charge on any atom is -0.236 e. The molecule has 80 valence electrons. The molecule has 0 spiro atoms. The van der Waals surface area contributed by atoms with Crippen molar-refractivity contribution in [3.8, 4) is 6.07 Å². The normalized spacial score (nSPS) is 11.4. The molecule has 0 fully saturated rings. The lowest BCUT2D eigenvalue weighted by atomic mass is 9.87. The van der Waals surface area contributed by atoms with E-state index in [1.54, 1.807) is 0 Å². The third-order valence-corrected chi connectivity index (χ3v) is 2.92. The SMILES string of the molecule is CC(C)(C#N)c1cc2ccccc2nc1Cl. The molecule has 2 rings (SSSR count). The van der Waals surface area contributed by atoms with Gasteiger partial charge in [-0.1, -0.05) is 29.8 Å². The van der Waals surface area contributed by atoms with E-state index in [2.05, 4.69) is 11.1 Å². The Morgan fingerprint density at radius 3 is 2.69 bits per heavy atom. The number of hydrogen-bond donors (Lipinski definition) is 0. The number of nitriles is 1. The molecule has 3 heteroatoms. The van der Waals surface area contributed by atoms with E-state index in [1.165, 1.54) is 0 Å². The molecular weight excluding hydrogens is 220 g/mol. The van der Waals surface area contributed by atoms with Gasteiger partial charge in [-0.2, -0.15) is 5.26 Å². The van der Waals surface area contributed by atoms with E-state index in [4.69, 9.17) is 16.9 Å². The van der Waals surface area contributed by atoms with Crippen LogP contribution in [0.5, 0.6) is 0 Å². The molecule has 0 unspecified atom stereocenters. The summed E-state index contributed by atoms with van der Waals surface area (Å²) in [4.78, 5) is 4.30. The molecule has 0 radical (unpaired) electrons. The van der Waals surface area contributed by atoms with Crippen molar-refractivity contribution < 1.29 is 0 Å².